The molecule has 160 valence electrons. The summed E-state index contributed by atoms with van der Waals surface area (Å²) in [4.78, 5) is 9.03. The fourth-order valence-corrected chi connectivity index (χ4v) is 4.71. The summed E-state index contributed by atoms with van der Waals surface area (Å²) < 4.78 is 40.8. The number of fused-ring (bicyclic) bond motifs is 1. The molecule has 4 aromatic rings. The number of hydrogen-bond donors (Lipinski definition) is 2. The quantitative estimate of drug-likeness (QED) is 0.295. The largest absolute Gasteiger partial charge is 0.417 e. The molecule has 0 radical (unpaired) electrons. The van der Waals surface area contributed by atoms with Crippen molar-refractivity contribution in [3.63, 3.8) is 0 Å². The molecule has 2 aromatic carbocycles. The first-order valence-corrected chi connectivity index (χ1v) is 11.0. The number of thiophene rings is 1. The van der Waals surface area contributed by atoms with Crippen LogP contribution in [0.4, 0.5) is 19.0 Å². The average Bonchev–Trinajstić information content (AvgIpc) is 3.14. The van der Waals surface area contributed by atoms with Gasteiger partial charge in [-0.15, -0.1) is 11.3 Å². The van der Waals surface area contributed by atoms with E-state index in [2.05, 4.69) is 31.2 Å². The summed E-state index contributed by atoms with van der Waals surface area (Å²) in [5.74, 6) is 0.434. The van der Waals surface area contributed by atoms with Crippen LogP contribution in [0.3, 0.4) is 0 Å². The standard InChI is InChI=1S/C21H14BrClF3N3OS/c22-13-2-4-18-12(5-13)7-19(31-18)17(30)9-27-20-8-16(28-10-29-20)11-1-3-14(15(23)6-11)21(24,25)26/h1-8,10,17,30H,9H2,(H,27,28,29). The van der Waals surface area contributed by atoms with Gasteiger partial charge >= 0.3 is 6.18 Å². The number of anilines is 1. The van der Waals surface area contributed by atoms with Crippen molar-refractivity contribution in [3.8, 4) is 11.3 Å². The summed E-state index contributed by atoms with van der Waals surface area (Å²) in [5, 5.41) is 14.2. The zero-order chi connectivity index (χ0) is 22.2. The minimum Gasteiger partial charge on any atom is -0.386 e. The molecule has 0 aliphatic rings. The highest BCUT2D eigenvalue weighted by Crippen LogP contribution is 2.37. The molecule has 0 bridgehead atoms. The van der Waals surface area contributed by atoms with Crippen LogP contribution in [-0.2, 0) is 6.18 Å². The van der Waals surface area contributed by atoms with E-state index < -0.39 is 22.9 Å². The zero-order valence-electron chi connectivity index (χ0n) is 15.6. The van der Waals surface area contributed by atoms with Gasteiger partial charge in [-0.2, -0.15) is 13.2 Å². The second-order valence-corrected chi connectivity index (χ2v) is 9.15. The van der Waals surface area contributed by atoms with Crippen LogP contribution in [0.1, 0.15) is 16.5 Å². The number of benzene rings is 2. The molecule has 0 saturated heterocycles. The van der Waals surface area contributed by atoms with Gasteiger partial charge in [0.05, 0.1) is 16.3 Å². The van der Waals surface area contributed by atoms with Gasteiger partial charge in [0, 0.05) is 32.2 Å². The van der Waals surface area contributed by atoms with E-state index >= 15 is 0 Å². The van der Waals surface area contributed by atoms with Crippen LogP contribution in [0, 0.1) is 0 Å². The van der Waals surface area contributed by atoms with E-state index in [9.17, 15) is 18.3 Å². The molecule has 31 heavy (non-hydrogen) atoms. The van der Waals surface area contributed by atoms with Crippen molar-refractivity contribution in [3.05, 3.63) is 74.8 Å². The Morgan fingerprint density at radius 1 is 1.10 bits per heavy atom. The smallest absolute Gasteiger partial charge is 0.386 e. The predicted octanol–water partition coefficient (Wildman–Crippen LogP) is 6.94. The molecule has 2 aromatic heterocycles. The van der Waals surface area contributed by atoms with Gasteiger partial charge in [0.2, 0.25) is 0 Å². The fraction of sp³-hybridized carbons (Fsp3) is 0.143. The normalized spacial score (nSPS) is 12.8. The molecule has 0 saturated carbocycles. The number of alkyl halides is 3. The maximum atomic E-state index is 12.9. The number of nitrogens with zero attached hydrogens (tertiary/aromatic N) is 2. The minimum atomic E-state index is -4.52. The van der Waals surface area contributed by atoms with Crippen molar-refractivity contribution >= 4 is 54.8 Å². The second kappa shape index (κ2) is 8.74. The molecule has 2 heterocycles. The van der Waals surface area contributed by atoms with Crippen molar-refractivity contribution in [1.82, 2.24) is 9.97 Å². The monoisotopic (exact) mass is 527 g/mol. The Morgan fingerprint density at radius 3 is 2.65 bits per heavy atom. The van der Waals surface area contributed by atoms with E-state index in [1.165, 1.54) is 29.8 Å². The lowest BCUT2D eigenvalue weighted by Crippen LogP contribution is -2.12. The topological polar surface area (TPSA) is 58.0 Å². The number of nitrogens with one attached hydrogen (secondary N) is 1. The summed E-state index contributed by atoms with van der Waals surface area (Å²) in [5.41, 5.74) is -0.0581. The zero-order valence-corrected chi connectivity index (χ0v) is 18.8. The van der Waals surface area contributed by atoms with Gasteiger partial charge in [0.15, 0.2) is 0 Å². The molecule has 1 atom stereocenters. The first-order chi connectivity index (χ1) is 14.7. The van der Waals surface area contributed by atoms with Gasteiger partial charge in [-0.1, -0.05) is 33.6 Å². The van der Waals surface area contributed by atoms with E-state index in [4.69, 9.17) is 11.6 Å². The van der Waals surface area contributed by atoms with E-state index in [1.807, 2.05) is 24.3 Å². The first-order valence-electron chi connectivity index (χ1n) is 9.01. The third-order valence-corrected chi connectivity index (χ3v) is 6.56. The van der Waals surface area contributed by atoms with Crippen molar-refractivity contribution in [2.75, 3.05) is 11.9 Å². The molecule has 4 rings (SSSR count). The molecule has 1 unspecified atom stereocenters. The number of aliphatic hydroxyl groups excluding tert-OH is 1. The number of rotatable bonds is 5. The third kappa shape index (κ3) is 5.01. The number of hydrogen-bond acceptors (Lipinski definition) is 5. The van der Waals surface area contributed by atoms with Crippen LogP contribution in [-0.4, -0.2) is 21.6 Å². The summed E-state index contributed by atoms with van der Waals surface area (Å²) in [6, 6.07) is 12.9. The summed E-state index contributed by atoms with van der Waals surface area (Å²) in [7, 11) is 0. The number of aliphatic hydroxyl groups is 1. The first kappa shape index (κ1) is 22.0. The lowest BCUT2D eigenvalue weighted by molar-refractivity contribution is -0.137. The maximum Gasteiger partial charge on any atom is 0.417 e. The average molecular weight is 529 g/mol. The van der Waals surface area contributed by atoms with Gasteiger partial charge in [-0.3, -0.25) is 0 Å². The Hall–Kier alpha value is -2.20. The van der Waals surface area contributed by atoms with E-state index in [0.29, 0.717) is 17.1 Å². The molecule has 0 spiro atoms. The van der Waals surface area contributed by atoms with Crippen molar-refractivity contribution in [2.24, 2.45) is 0 Å². The van der Waals surface area contributed by atoms with E-state index in [-0.39, 0.29) is 6.54 Å². The Bertz CT molecular complexity index is 1250. The van der Waals surface area contributed by atoms with Gasteiger partial charge in [0.1, 0.15) is 18.2 Å². The lowest BCUT2D eigenvalue weighted by Gasteiger charge is -2.12. The highest BCUT2D eigenvalue weighted by atomic mass is 79.9. The van der Waals surface area contributed by atoms with Crippen LogP contribution in [0.5, 0.6) is 0 Å². The van der Waals surface area contributed by atoms with E-state index in [0.717, 1.165) is 25.5 Å². The Labute approximate surface area is 192 Å². The highest BCUT2D eigenvalue weighted by molar-refractivity contribution is 9.10. The third-order valence-electron chi connectivity index (χ3n) is 4.54. The molecule has 0 aliphatic heterocycles. The SMILES string of the molecule is OC(CNc1cc(-c2ccc(C(F)(F)F)c(Cl)c2)ncn1)c1cc2cc(Br)ccc2s1. The predicted molar refractivity (Wildman–Crippen MR) is 120 cm³/mol. The van der Waals surface area contributed by atoms with Crippen LogP contribution < -0.4 is 5.32 Å². The van der Waals surface area contributed by atoms with Gasteiger partial charge in [-0.25, -0.2) is 9.97 Å². The number of halogens is 5. The van der Waals surface area contributed by atoms with Crippen molar-refractivity contribution < 1.29 is 18.3 Å². The van der Waals surface area contributed by atoms with E-state index in [1.54, 1.807) is 6.07 Å². The molecular weight excluding hydrogens is 515 g/mol. The second-order valence-electron chi connectivity index (χ2n) is 6.71. The maximum absolute atomic E-state index is 12.9. The minimum absolute atomic E-state index is 0.207. The highest BCUT2D eigenvalue weighted by Gasteiger charge is 2.33. The summed E-state index contributed by atoms with van der Waals surface area (Å²) >= 11 is 10.7. The Balaban J connectivity index is 1.49. The molecule has 0 amide bonds. The Morgan fingerprint density at radius 2 is 1.90 bits per heavy atom. The van der Waals surface area contributed by atoms with Gasteiger partial charge < -0.3 is 10.4 Å². The van der Waals surface area contributed by atoms with Crippen LogP contribution in [0.15, 0.2) is 59.3 Å². The molecular formula is C21H14BrClF3N3OS. The molecule has 4 nitrogen and oxygen atoms in total. The van der Waals surface area contributed by atoms with Crippen LogP contribution in [0.25, 0.3) is 21.3 Å². The Kier molecular flexibility index (Phi) is 6.20. The summed E-state index contributed by atoms with van der Waals surface area (Å²) in [6.45, 7) is 0.207. The molecule has 0 fully saturated rings. The number of aromatic nitrogens is 2. The lowest BCUT2D eigenvalue weighted by atomic mass is 10.1. The van der Waals surface area contributed by atoms with Crippen molar-refractivity contribution in [2.45, 2.75) is 12.3 Å². The van der Waals surface area contributed by atoms with Crippen LogP contribution >= 0.6 is 38.9 Å². The van der Waals surface area contributed by atoms with Crippen LogP contribution in [0.2, 0.25) is 5.02 Å². The van der Waals surface area contributed by atoms with Gasteiger partial charge in [-0.05, 0) is 41.8 Å². The fourth-order valence-electron chi connectivity index (χ4n) is 3.02. The molecule has 2 N–H and O–H groups in total. The summed E-state index contributed by atoms with van der Waals surface area (Å²) in [6.07, 6.45) is -3.98. The molecule has 10 heteroatoms. The molecule has 0 aliphatic carbocycles. The van der Waals surface area contributed by atoms with Crippen molar-refractivity contribution in [1.29, 1.82) is 0 Å². The van der Waals surface area contributed by atoms with Gasteiger partial charge in [0.25, 0.3) is 0 Å².